The summed E-state index contributed by atoms with van der Waals surface area (Å²) in [5.41, 5.74) is 6.70. The highest BCUT2D eigenvalue weighted by molar-refractivity contribution is 6.06. The molecule has 0 atom stereocenters. The van der Waals surface area contributed by atoms with Crippen LogP contribution in [0.15, 0.2) is 42.6 Å². The van der Waals surface area contributed by atoms with E-state index in [1.807, 2.05) is 55.3 Å². The first kappa shape index (κ1) is 27.0. The zero-order chi connectivity index (χ0) is 28.5. The van der Waals surface area contributed by atoms with Gasteiger partial charge in [-0.05, 0) is 63.1 Å². The van der Waals surface area contributed by atoms with Crippen molar-refractivity contribution in [3.63, 3.8) is 0 Å². The third-order valence-corrected chi connectivity index (χ3v) is 8.18. The molecule has 3 aliphatic rings. The molecule has 4 heterocycles. The number of hydrogen-bond acceptors (Lipinski definition) is 8. The van der Waals surface area contributed by atoms with Crippen LogP contribution in [-0.4, -0.2) is 66.6 Å². The van der Waals surface area contributed by atoms with Crippen molar-refractivity contribution in [3.8, 4) is 0 Å². The number of amides is 2. The molecule has 41 heavy (non-hydrogen) atoms. The molecule has 2 aromatic carbocycles. The van der Waals surface area contributed by atoms with E-state index in [9.17, 15) is 9.59 Å². The van der Waals surface area contributed by atoms with Crippen LogP contribution in [0.5, 0.6) is 0 Å². The van der Waals surface area contributed by atoms with Crippen molar-refractivity contribution in [2.75, 3.05) is 59.8 Å². The second kappa shape index (κ2) is 11.4. The molecule has 3 aliphatic heterocycles. The monoisotopic (exact) mass is 555 g/mol. The molecule has 0 spiro atoms. The van der Waals surface area contributed by atoms with Crippen LogP contribution in [0.3, 0.4) is 0 Å². The highest BCUT2D eigenvalue weighted by Crippen LogP contribution is 2.35. The van der Waals surface area contributed by atoms with Crippen molar-refractivity contribution in [3.05, 3.63) is 64.8 Å². The van der Waals surface area contributed by atoms with Crippen LogP contribution in [0.1, 0.15) is 41.5 Å². The fourth-order valence-corrected chi connectivity index (χ4v) is 5.92. The number of ether oxygens (including phenoxy) is 1. The molecular formula is C31H37N7O3. The molecule has 0 saturated carbocycles. The van der Waals surface area contributed by atoms with E-state index in [4.69, 9.17) is 9.72 Å². The molecular weight excluding hydrogens is 518 g/mol. The zero-order valence-corrected chi connectivity index (χ0v) is 24.0. The lowest BCUT2D eigenvalue weighted by Gasteiger charge is -2.37. The molecule has 1 aromatic heterocycles. The number of carbonyl (C=O) groups excluding carboxylic acids is 2. The molecule has 10 nitrogen and oxygen atoms in total. The number of cyclic esters (lactones) is 1. The average Bonchev–Trinajstić information content (AvgIpc) is 2.96. The van der Waals surface area contributed by atoms with Crippen molar-refractivity contribution in [2.45, 2.75) is 46.3 Å². The number of para-hydroxylation sites is 1. The van der Waals surface area contributed by atoms with Crippen molar-refractivity contribution < 1.29 is 14.3 Å². The highest BCUT2D eigenvalue weighted by atomic mass is 16.5. The molecule has 0 aliphatic carbocycles. The number of aryl methyl sites for hydroxylation is 2. The number of rotatable bonds is 2. The summed E-state index contributed by atoms with van der Waals surface area (Å²) in [4.78, 5) is 44.3. The summed E-state index contributed by atoms with van der Waals surface area (Å²) in [5.74, 6) is 0.805. The molecule has 1 N–H and O–H groups in total. The Bertz CT molecular complexity index is 1450. The number of piperazine rings is 1. The van der Waals surface area contributed by atoms with Gasteiger partial charge in [-0.3, -0.25) is 14.6 Å². The van der Waals surface area contributed by atoms with Gasteiger partial charge in [-0.1, -0.05) is 18.2 Å². The Hall–Kier alpha value is -4.18. The smallest absolute Gasteiger partial charge is 0.330 e. The van der Waals surface area contributed by atoms with Gasteiger partial charge in [0.15, 0.2) is 0 Å². The maximum Gasteiger partial charge on any atom is 0.330 e. The first-order valence-corrected chi connectivity index (χ1v) is 14.4. The van der Waals surface area contributed by atoms with Gasteiger partial charge in [-0.15, -0.1) is 0 Å². The minimum absolute atomic E-state index is 0.120. The van der Waals surface area contributed by atoms with Crippen molar-refractivity contribution in [2.24, 2.45) is 0 Å². The molecule has 6 rings (SSSR count). The minimum atomic E-state index is -0.231. The van der Waals surface area contributed by atoms with Crippen LogP contribution >= 0.6 is 0 Å². The average molecular weight is 556 g/mol. The van der Waals surface area contributed by atoms with E-state index >= 15 is 0 Å². The van der Waals surface area contributed by atoms with E-state index in [1.54, 1.807) is 4.90 Å². The minimum Gasteiger partial charge on any atom is -0.461 e. The predicted molar refractivity (Wildman–Crippen MR) is 160 cm³/mol. The quantitative estimate of drug-likeness (QED) is 0.453. The van der Waals surface area contributed by atoms with Gasteiger partial charge < -0.3 is 19.9 Å². The van der Waals surface area contributed by atoms with Gasteiger partial charge in [-0.25, -0.2) is 9.78 Å². The molecule has 0 radical (unpaired) electrons. The van der Waals surface area contributed by atoms with E-state index in [0.717, 1.165) is 65.5 Å². The number of benzene rings is 2. The number of fused-ring (bicyclic) bond motifs is 3. The Morgan fingerprint density at radius 2 is 1.68 bits per heavy atom. The summed E-state index contributed by atoms with van der Waals surface area (Å²) in [7, 11) is 2.13. The van der Waals surface area contributed by atoms with Gasteiger partial charge in [0.1, 0.15) is 12.4 Å². The lowest BCUT2D eigenvalue weighted by molar-refractivity contribution is -0.145. The normalized spacial score (nSPS) is 18.4. The largest absolute Gasteiger partial charge is 0.461 e. The molecule has 1 fully saturated rings. The lowest BCUT2D eigenvalue weighted by Crippen LogP contribution is -2.48. The summed E-state index contributed by atoms with van der Waals surface area (Å²) in [6.45, 7) is 8.89. The van der Waals surface area contributed by atoms with Gasteiger partial charge in [0.25, 0.3) is 0 Å². The number of nitrogens with one attached hydrogen (secondary N) is 1. The van der Waals surface area contributed by atoms with Gasteiger partial charge in [-0.2, -0.15) is 4.98 Å². The molecule has 2 amide bonds. The molecule has 4 bridgehead atoms. The van der Waals surface area contributed by atoms with Crippen LogP contribution in [0, 0.1) is 13.8 Å². The number of esters is 1. The Balaban J connectivity index is 1.35. The Labute approximate surface area is 240 Å². The molecule has 214 valence electrons. The fraction of sp³-hybridized carbons (Fsp3) is 0.419. The third-order valence-electron chi connectivity index (χ3n) is 8.18. The van der Waals surface area contributed by atoms with Crippen molar-refractivity contribution in [1.82, 2.24) is 14.9 Å². The summed E-state index contributed by atoms with van der Waals surface area (Å²) in [6.07, 6.45) is 3.37. The molecule has 3 aromatic rings. The van der Waals surface area contributed by atoms with E-state index in [1.165, 1.54) is 0 Å². The fourth-order valence-electron chi connectivity index (χ4n) is 5.92. The number of carbonyl (C=O) groups is 2. The second-order valence-corrected chi connectivity index (χ2v) is 11.2. The van der Waals surface area contributed by atoms with Crippen LogP contribution in [-0.2, 0) is 22.7 Å². The molecule has 1 saturated heterocycles. The lowest BCUT2D eigenvalue weighted by atomic mass is 10.1. The van der Waals surface area contributed by atoms with E-state index < -0.39 is 0 Å². The maximum atomic E-state index is 13.9. The van der Waals surface area contributed by atoms with Gasteiger partial charge in [0.2, 0.25) is 5.95 Å². The van der Waals surface area contributed by atoms with Crippen molar-refractivity contribution in [1.29, 1.82) is 0 Å². The summed E-state index contributed by atoms with van der Waals surface area (Å²) < 4.78 is 5.74. The number of aromatic nitrogens is 2. The zero-order valence-electron chi connectivity index (χ0n) is 24.0. The second-order valence-electron chi connectivity index (χ2n) is 11.2. The Kier molecular flexibility index (Phi) is 7.49. The maximum absolute atomic E-state index is 13.9. The first-order valence-electron chi connectivity index (χ1n) is 14.4. The standard InChI is InChI=1S/C31H37N7O3/c1-21-7-6-8-22(2)28(21)38-19-24-18-32-30-33-25-10-11-26(36-15-13-35(3)14-16-36)23(17-25)20-41-27(39)9-4-5-12-37(31(38)40)29(24)34-30/h6-8,10-11,17-18H,4-5,9,12-16,19-20H2,1-3H3,(H,32,33,34). The number of likely N-dealkylation sites (N-methyl/N-ethyl adjacent to an activating group) is 1. The van der Waals surface area contributed by atoms with Gasteiger partial charge in [0.05, 0.1) is 12.2 Å². The number of nitrogens with zero attached hydrogens (tertiary/aromatic N) is 6. The van der Waals surface area contributed by atoms with E-state index in [-0.39, 0.29) is 18.6 Å². The summed E-state index contributed by atoms with van der Waals surface area (Å²) >= 11 is 0. The number of hydrogen-bond donors (Lipinski definition) is 1. The number of urea groups is 1. The third kappa shape index (κ3) is 5.56. The summed E-state index contributed by atoms with van der Waals surface area (Å²) in [6, 6.07) is 12.0. The van der Waals surface area contributed by atoms with E-state index in [0.29, 0.717) is 44.1 Å². The van der Waals surface area contributed by atoms with Crippen molar-refractivity contribution >= 4 is 40.8 Å². The van der Waals surface area contributed by atoms with Crippen LogP contribution in [0.4, 0.5) is 33.6 Å². The topological polar surface area (TPSA) is 94.1 Å². The molecule has 10 heteroatoms. The van der Waals surface area contributed by atoms with Gasteiger partial charge >= 0.3 is 12.0 Å². The Morgan fingerprint density at radius 3 is 2.46 bits per heavy atom. The predicted octanol–water partition coefficient (Wildman–Crippen LogP) is 4.76. The summed E-state index contributed by atoms with van der Waals surface area (Å²) in [5, 5.41) is 3.33. The van der Waals surface area contributed by atoms with Gasteiger partial charge in [0, 0.05) is 67.8 Å². The van der Waals surface area contributed by atoms with Crippen LogP contribution in [0.25, 0.3) is 0 Å². The Morgan fingerprint density at radius 1 is 0.902 bits per heavy atom. The first-order chi connectivity index (χ1) is 19.9. The van der Waals surface area contributed by atoms with E-state index in [2.05, 4.69) is 33.2 Å². The van der Waals surface area contributed by atoms with Crippen LogP contribution < -0.4 is 20.0 Å². The molecule has 0 unspecified atom stereocenters. The number of anilines is 5. The SMILES string of the molecule is Cc1cccc(C)c1N1Cc2cnc3nc2N(CCCCC(=O)OCc2cc(ccc2N2CCN(C)CC2)N3)C1=O. The van der Waals surface area contributed by atoms with Crippen LogP contribution in [0.2, 0.25) is 0 Å². The highest BCUT2D eigenvalue weighted by Gasteiger charge is 2.34.